The molecular formula is C32H22O. The highest BCUT2D eigenvalue weighted by atomic mass is 16.3. The molecule has 0 spiro atoms. The first-order chi connectivity index (χ1) is 16.4. The van der Waals surface area contributed by atoms with E-state index in [2.05, 4.69) is 109 Å². The van der Waals surface area contributed by atoms with Crippen molar-refractivity contribution in [3.05, 3.63) is 126 Å². The molecule has 0 saturated carbocycles. The summed E-state index contributed by atoms with van der Waals surface area (Å²) in [6.07, 6.45) is 6.47. The van der Waals surface area contributed by atoms with Gasteiger partial charge in [0, 0.05) is 33.4 Å². The second-order valence-electron chi connectivity index (χ2n) is 8.26. The SMILES string of the molecule is c1cccc(-c2ccccc2-c2oc(-c3ccccc3-c3ccccc3)c3c2CCC=C3)c#1. The van der Waals surface area contributed by atoms with Crippen molar-refractivity contribution in [2.45, 2.75) is 12.8 Å². The fourth-order valence-electron chi connectivity index (χ4n) is 4.73. The number of benzene rings is 3. The number of fused-ring (bicyclic) bond motifs is 1. The highest BCUT2D eigenvalue weighted by Gasteiger charge is 2.25. The van der Waals surface area contributed by atoms with E-state index >= 15 is 0 Å². The first kappa shape index (κ1) is 19.4. The van der Waals surface area contributed by atoms with Gasteiger partial charge in [0.25, 0.3) is 0 Å². The van der Waals surface area contributed by atoms with Gasteiger partial charge in [0.1, 0.15) is 11.5 Å². The summed E-state index contributed by atoms with van der Waals surface area (Å²) in [5.74, 6) is 1.90. The zero-order valence-corrected chi connectivity index (χ0v) is 18.2. The third-order valence-electron chi connectivity index (χ3n) is 6.26. The lowest BCUT2D eigenvalue weighted by molar-refractivity contribution is 0.594. The maximum Gasteiger partial charge on any atom is 0.142 e. The molecule has 5 aromatic rings. The van der Waals surface area contributed by atoms with E-state index in [4.69, 9.17) is 4.42 Å². The van der Waals surface area contributed by atoms with Crippen molar-refractivity contribution < 1.29 is 4.42 Å². The first-order valence-corrected chi connectivity index (χ1v) is 11.4. The second kappa shape index (κ2) is 8.34. The third kappa shape index (κ3) is 3.47. The van der Waals surface area contributed by atoms with Crippen molar-refractivity contribution in [3.8, 4) is 44.9 Å². The molecule has 33 heavy (non-hydrogen) atoms. The van der Waals surface area contributed by atoms with E-state index in [1.807, 2.05) is 12.1 Å². The lowest BCUT2D eigenvalue weighted by Gasteiger charge is -2.10. The molecule has 1 aromatic heterocycles. The molecule has 0 atom stereocenters. The zero-order chi connectivity index (χ0) is 22.0. The van der Waals surface area contributed by atoms with Crippen molar-refractivity contribution >= 4 is 6.08 Å². The summed E-state index contributed by atoms with van der Waals surface area (Å²) < 4.78 is 6.79. The molecule has 6 rings (SSSR count). The Morgan fingerprint density at radius 3 is 2.09 bits per heavy atom. The van der Waals surface area contributed by atoms with Gasteiger partial charge in [0.15, 0.2) is 0 Å². The summed E-state index contributed by atoms with van der Waals surface area (Å²) in [6.45, 7) is 0. The van der Waals surface area contributed by atoms with Crippen molar-refractivity contribution in [3.63, 3.8) is 0 Å². The van der Waals surface area contributed by atoms with E-state index in [0.717, 1.165) is 46.6 Å². The van der Waals surface area contributed by atoms with Gasteiger partial charge >= 0.3 is 0 Å². The fourth-order valence-corrected chi connectivity index (χ4v) is 4.73. The maximum absolute atomic E-state index is 6.79. The molecule has 4 aromatic carbocycles. The van der Waals surface area contributed by atoms with Gasteiger partial charge in [-0.05, 0) is 36.1 Å². The zero-order valence-electron chi connectivity index (χ0n) is 18.2. The maximum atomic E-state index is 6.79. The monoisotopic (exact) mass is 422 g/mol. The summed E-state index contributed by atoms with van der Waals surface area (Å²) in [5, 5.41) is 0. The molecule has 1 aliphatic rings. The minimum Gasteiger partial charge on any atom is -0.455 e. The van der Waals surface area contributed by atoms with Crippen LogP contribution < -0.4 is 0 Å². The van der Waals surface area contributed by atoms with Crippen LogP contribution in [0.3, 0.4) is 0 Å². The summed E-state index contributed by atoms with van der Waals surface area (Å²) in [4.78, 5) is 0. The van der Waals surface area contributed by atoms with E-state index in [9.17, 15) is 0 Å². The van der Waals surface area contributed by atoms with Gasteiger partial charge < -0.3 is 4.42 Å². The van der Waals surface area contributed by atoms with Crippen molar-refractivity contribution in [1.29, 1.82) is 0 Å². The standard InChI is InChI=1S/C32H22O/c1-3-13-23(14-4-1)25-17-7-9-19-27(25)31-29-21-11-12-22-30(29)32(33-31)28-20-10-8-18-26(28)24-15-5-2-6-16-24/h1-5,7-11,13-15,17-21H,12,22H2. The minimum absolute atomic E-state index is 0.939. The van der Waals surface area contributed by atoms with Gasteiger partial charge in [-0.2, -0.15) is 0 Å². The summed E-state index contributed by atoms with van der Waals surface area (Å²) in [7, 11) is 0. The molecule has 0 fully saturated rings. The largest absolute Gasteiger partial charge is 0.455 e. The average Bonchev–Trinajstić information content (AvgIpc) is 3.29. The number of hydrogen-bond donors (Lipinski definition) is 0. The molecular weight excluding hydrogens is 400 g/mol. The molecule has 1 heteroatoms. The predicted molar refractivity (Wildman–Crippen MR) is 135 cm³/mol. The summed E-state index contributed by atoms with van der Waals surface area (Å²) in [6, 6.07) is 39.8. The molecule has 0 aliphatic heterocycles. The topological polar surface area (TPSA) is 13.1 Å². The lowest BCUT2D eigenvalue weighted by atomic mass is 9.90. The number of hydrogen-bond acceptors (Lipinski definition) is 1. The second-order valence-corrected chi connectivity index (χ2v) is 8.26. The van der Waals surface area contributed by atoms with Crippen LogP contribution in [0.4, 0.5) is 0 Å². The Bertz CT molecular complexity index is 1440. The van der Waals surface area contributed by atoms with Gasteiger partial charge in [-0.15, -0.1) is 0 Å². The van der Waals surface area contributed by atoms with Gasteiger partial charge in [-0.25, -0.2) is 0 Å². The van der Waals surface area contributed by atoms with Gasteiger partial charge in [0.2, 0.25) is 0 Å². The van der Waals surface area contributed by atoms with Crippen LogP contribution in [-0.4, -0.2) is 0 Å². The smallest absolute Gasteiger partial charge is 0.142 e. The highest BCUT2D eigenvalue weighted by molar-refractivity contribution is 5.90. The van der Waals surface area contributed by atoms with Crippen molar-refractivity contribution in [2.24, 2.45) is 0 Å². The van der Waals surface area contributed by atoms with Crippen LogP contribution in [-0.2, 0) is 6.42 Å². The Labute approximate surface area is 194 Å². The summed E-state index contributed by atoms with van der Waals surface area (Å²) in [5.41, 5.74) is 9.20. The van der Waals surface area contributed by atoms with Gasteiger partial charge in [-0.3, -0.25) is 0 Å². The first-order valence-electron chi connectivity index (χ1n) is 11.4. The molecule has 0 amide bonds. The Balaban J connectivity index is 1.58. The van der Waals surface area contributed by atoms with E-state index in [1.165, 1.54) is 22.3 Å². The molecule has 0 saturated heterocycles. The highest BCUT2D eigenvalue weighted by Crippen LogP contribution is 2.45. The van der Waals surface area contributed by atoms with E-state index in [1.54, 1.807) is 0 Å². The molecule has 1 nitrogen and oxygen atoms in total. The quantitative estimate of drug-likeness (QED) is 0.283. The number of allylic oxidation sites excluding steroid dienone is 1. The molecule has 0 radical (unpaired) electrons. The Morgan fingerprint density at radius 1 is 0.636 bits per heavy atom. The third-order valence-corrected chi connectivity index (χ3v) is 6.26. The lowest BCUT2D eigenvalue weighted by Crippen LogP contribution is -1.94. The molecule has 156 valence electrons. The number of furan rings is 1. The number of rotatable bonds is 4. The van der Waals surface area contributed by atoms with E-state index < -0.39 is 0 Å². The summed E-state index contributed by atoms with van der Waals surface area (Å²) >= 11 is 0. The molecule has 0 bridgehead atoms. The van der Waals surface area contributed by atoms with Crippen LogP contribution in [0.2, 0.25) is 0 Å². The normalized spacial score (nSPS) is 12.2. The Kier molecular flexibility index (Phi) is 4.90. The molecule has 0 N–H and O–H groups in total. The predicted octanol–water partition coefficient (Wildman–Crippen LogP) is 8.51. The van der Waals surface area contributed by atoms with E-state index in [-0.39, 0.29) is 0 Å². The minimum atomic E-state index is 0.939. The van der Waals surface area contributed by atoms with Gasteiger partial charge in [-0.1, -0.05) is 109 Å². The van der Waals surface area contributed by atoms with Crippen molar-refractivity contribution in [1.82, 2.24) is 0 Å². The fraction of sp³-hybridized carbons (Fsp3) is 0.0625. The molecule has 1 heterocycles. The van der Waals surface area contributed by atoms with Crippen LogP contribution in [0.1, 0.15) is 17.5 Å². The Hall–Kier alpha value is -4.28. The van der Waals surface area contributed by atoms with Crippen LogP contribution in [0.25, 0.3) is 51.0 Å². The van der Waals surface area contributed by atoms with Crippen LogP contribution in [0.15, 0.2) is 108 Å². The van der Waals surface area contributed by atoms with Crippen LogP contribution in [0, 0.1) is 12.1 Å². The molecule has 1 aliphatic carbocycles. The average molecular weight is 423 g/mol. The van der Waals surface area contributed by atoms with Gasteiger partial charge in [0.05, 0.1) is 0 Å². The van der Waals surface area contributed by atoms with Crippen molar-refractivity contribution in [2.75, 3.05) is 0 Å². The van der Waals surface area contributed by atoms with Crippen LogP contribution >= 0.6 is 0 Å². The Morgan fingerprint density at radius 2 is 1.33 bits per heavy atom. The van der Waals surface area contributed by atoms with E-state index in [0.29, 0.717) is 0 Å². The van der Waals surface area contributed by atoms with Crippen LogP contribution in [0.5, 0.6) is 0 Å². The molecule has 0 unspecified atom stereocenters.